The second-order valence-electron chi connectivity index (χ2n) is 2.84. The molecule has 0 atom stereocenters. The third-order valence-corrected chi connectivity index (χ3v) is 2.87. The lowest BCUT2D eigenvalue weighted by Crippen LogP contribution is -2.19. The van der Waals surface area contributed by atoms with Gasteiger partial charge < -0.3 is 4.74 Å². The van der Waals surface area contributed by atoms with Gasteiger partial charge >= 0.3 is 17.9 Å². The summed E-state index contributed by atoms with van der Waals surface area (Å²) in [5, 5.41) is 10.5. The van der Waals surface area contributed by atoms with Gasteiger partial charge in [-0.2, -0.15) is 9.37 Å². The summed E-state index contributed by atoms with van der Waals surface area (Å²) in [4.78, 5) is 10.0. The Bertz CT molecular complexity index is 631. The molecule has 1 aromatic rings. The number of hydrogen-bond acceptors (Lipinski definition) is 6. The molecule has 19 heavy (non-hydrogen) atoms. The number of ether oxygens (including phenoxy) is 1. The smallest absolute Gasteiger partial charge is 0.380 e. The third-order valence-electron chi connectivity index (χ3n) is 1.56. The Morgan fingerprint density at radius 2 is 1.95 bits per heavy atom. The van der Waals surface area contributed by atoms with Crippen LogP contribution >= 0.6 is 10.7 Å². The summed E-state index contributed by atoms with van der Waals surface area (Å²) in [6, 6.07) is -0.0221. The maximum atomic E-state index is 13.1. The molecule has 106 valence electrons. The Kier molecular flexibility index (Phi) is 3.86. The van der Waals surface area contributed by atoms with E-state index >= 15 is 0 Å². The molecule has 0 aliphatic rings. The van der Waals surface area contributed by atoms with Crippen molar-refractivity contribution in [3.8, 4) is 5.88 Å². The lowest BCUT2D eigenvalue weighted by Gasteiger charge is -2.08. The van der Waals surface area contributed by atoms with Crippen LogP contribution in [0.25, 0.3) is 0 Å². The van der Waals surface area contributed by atoms with Crippen molar-refractivity contribution in [2.45, 2.75) is 11.3 Å². The maximum Gasteiger partial charge on any atom is 0.574 e. The second-order valence-corrected chi connectivity index (χ2v) is 5.38. The average molecular weight is 325 g/mol. The van der Waals surface area contributed by atoms with Crippen molar-refractivity contribution in [2.75, 3.05) is 0 Å². The van der Waals surface area contributed by atoms with Crippen LogP contribution in [0.4, 0.5) is 23.2 Å². The van der Waals surface area contributed by atoms with Crippen LogP contribution in [0.5, 0.6) is 5.88 Å². The van der Waals surface area contributed by atoms with E-state index in [1.165, 1.54) is 0 Å². The minimum atomic E-state index is -5.37. The van der Waals surface area contributed by atoms with Crippen LogP contribution in [0.2, 0.25) is 0 Å². The van der Waals surface area contributed by atoms with Crippen LogP contribution in [-0.2, 0) is 9.05 Å². The normalized spacial score (nSPS) is 12.3. The average Bonchev–Trinajstić information content (AvgIpc) is 2.11. The molecule has 0 aliphatic carbocycles. The van der Waals surface area contributed by atoms with Gasteiger partial charge in [-0.3, -0.25) is 10.1 Å². The Morgan fingerprint density at radius 3 is 2.32 bits per heavy atom. The molecule has 0 radical (unpaired) electrons. The van der Waals surface area contributed by atoms with E-state index in [1.807, 2.05) is 0 Å². The van der Waals surface area contributed by atoms with E-state index in [4.69, 9.17) is 10.7 Å². The lowest BCUT2D eigenvalue weighted by molar-refractivity contribution is -0.389. The maximum absolute atomic E-state index is 13.1. The van der Waals surface area contributed by atoms with Gasteiger partial charge in [-0.25, -0.2) is 8.42 Å². The molecule has 0 aliphatic heterocycles. The van der Waals surface area contributed by atoms with Gasteiger partial charge in [-0.05, 0) is 0 Å². The number of hydrogen-bond donors (Lipinski definition) is 0. The van der Waals surface area contributed by atoms with Crippen molar-refractivity contribution in [1.29, 1.82) is 0 Å². The zero-order valence-corrected chi connectivity index (χ0v) is 9.88. The largest absolute Gasteiger partial charge is 0.574 e. The molecule has 0 N–H and O–H groups in total. The standard InChI is InChI=1S/C6HClF4N2O5S/c7-19(16,17)3-1-2(13(14)15)5(12-4(3)8)18-6(9,10)11/h1H. The van der Waals surface area contributed by atoms with E-state index in [-0.39, 0.29) is 6.07 Å². The highest BCUT2D eigenvalue weighted by molar-refractivity contribution is 8.13. The zero-order chi connectivity index (χ0) is 15.0. The predicted octanol–water partition coefficient (Wildman–Crippen LogP) is 1.96. The molecule has 7 nitrogen and oxygen atoms in total. The Balaban J connectivity index is 3.51. The predicted molar refractivity (Wildman–Crippen MR) is 50.6 cm³/mol. The van der Waals surface area contributed by atoms with Crippen LogP contribution in [0.1, 0.15) is 0 Å². The summed E-state index contributed by atoms with van der Waals surface area (Å²) in [5.74, 6) is -3.70. The topological polar surface area (TPSA) is 99.4 Å². The number of aromatic nitrogens is 1. The van der Waals surface area contributed by atoms with Gasteiger partial charge in [0.05, 0.1) is 4.92 Å². The molecule has 0 spiro atoms. The molecule has 0 unspecified atom stereocenters. The highest BCUT2D eigenvalue weighted by Crippen LogP contribution is 2.33. The van der Waals surface area contributed by atoms with Gasteiger partial charge in [0.15, 0.2) is 0 Å². The summed E-state index contributed by atoms with van der Waals surface area (Å²) in [5.41, 5.74) is -1.50. The number of nitro groups is 1. The highest BCUT2D eigenvalue weighted by Gasteiger charge is 2.37. The van der Waals surface area contributed by atoms with Crippen molar-refractivity contribution in [3.63, 3.8) is 0 Å². The second kappa shape index (κ2) is 4.77. The van der Waals surface area contributed by atoms with E-state index in [9.17, 15) is 36.1 Å². The summed E-state index contributed by atoms with van der Waals surface area (Å²) < 4.78 is 73.6. The fourth-order valence-corrected chi connectivity index (χ4v) is 1.76. The number of alkyl halides is 3. The Hall–Kier alpha value is -1.69. The van der Waals surface area contributed by atoms with Crippen molar-refractivity contribution in [2.24, 2.45) is 0 Å². The van der Waals surface area contributed by atoms with Gasteiger partial charge in [0.25, 0.3) is 9.05 Å². The fraction of sp³-hybridized carbons (Fsp3) is 0.167. The summed E-state index contributed by atoms with van der Waals surface area (Å²) in [7, 11) is -0.0240. The number of pyridine rings is 1. The van der Waals surface area contributed by atoms with Gasteiger partial charge in [-0.15, -0.1) is 13.2 Å². The van der Waals surface area contributed by atoms with Crippen LogP contribution in [0, 0.1) is 16.1 Å². The number of halogens is 5. The molecule has 0 saturated heterocycles. The van der Waals surface area contributed by atoms with Crippen molar-refractivity contribution in [3.05, 3.63) is 22.1 Å². The van der Waals surface area contributed by atoms with Crippen molar-refractivity contribution in [1.82, 2.24) is 4.98 Å². The first-order valence-corrected chi connectivity index (χ1v) is 6.28. The monoisotopic (exact) mass is 324 g/mol. The molecular formula is C6HClF4N2O5S. The quantitative estimate of drug-likeness (QED) is 0.277. The number of nitrogens with zero attached hydrogens (tertiary/aromatic N) is 2. The lowest BCUT2D eigenvalue weighted by atomic mass is 10.4. The zero-order valence-electron chi connectivity index (χ0n) is 8.31. The van der Waals surface area contributed by atoms with Crippen LogP contribution in [-0.4, -0.2) is 24.7 Å². The SMILES string of the molecule is O=[N+]([O-])c1cc(S(=O)(=O)Cl)c(F)nc1OC(F)(F)F. The Morgan fingerprint density at radius 1 is 1.42 bits per heavy atom. The van der Waals surface area contributed by atoms with Gasteiger partial charge in [0.1, 0.15) is 4.90 Å². The fourth-order valence-electron chi connectivity index (χ4n) is 0.933. The van der Waals surface area contributed by atoms with Crippen LogP contribution < -0.4 is 4.74 Å². The van der Waals surface area contributed by atoms with Crippen molar-refractivity contribution < 1.29 is 35.6 Å². The van der Waals surface area contributed by atoms with E-state index in [1.54, 1.807) is 0 Å². The van der Waals surface area contributed by atoms with Crippen molar-refractivity contribution >= 4 is 25.4 Å². The van der Waals surface area contributed by atoms with E-state index in [0.29, 0.717) is 0 Å². The third kappa shape index (κ3) is 3.89. The van der Waals surface area contributed by atoms with E-state index < -0.39 is 42.7 Å². The first kappa shape index (κ1) is 15.4. The summed E-state index contributed by atoms with van der Waals surface area (Å²) in [6.45, 7) is 0. The molecule has 0 amide bonds. The molecule has 0 bridgehead atoms. The van der Waals surface area contributed by atoms with Gasteiger partial charge in [0, 0.05) is 16.7 Å². The summed E-state index contributed by atoms with van der Waals surface area (Å²) in [6.07, 6.45) is -5.37. The molecule has 13 heteroatoms. The molecule has 0 aromatic carbocycles. The minimum absolute atomic E-state index is 0.0221. The molecule has 0 fully saturated rings. The first-order chi connectivity index (χ1) is 8.42. The van der Waals surface area contributed by atoms with Gasteiger partial charge in [-0.1, -0.05) is 0 Å². The first-order valence-electron chi connectivity index (χ1n) is 3.97. The molecule has 1 heterocycles. The summed E-state index contributed by atoms with van der Waals surface area (Å²) >= 11 is 0. The van der Waals surface area contributed by atoms with Crippen LogP contribution in [0.3, 0.4) is 0 Å². The molecule has 0 saturated carbocycles. The van der Waals surface area contributed by atoms with E-state index in [2.05, 4.69) is 9.72 Å². The molecular weight excluding hydrogens is 324 g/mol. The molecule has 1 rings (SSSR count). The van der Waals surface area contributed by atoms with E-state index in [0.717, 1.165) is 0 Å². The highest BCUT2D eigenvalue weighted by atomic mass is 35.7. The van der Waals surface area contributed by atoms with Crippen LogP contribution in [0.15, 0.2) is 11.0 Å². The number of rotatable bonds is 3. The molecule has 1 aromatic heterocycles. The Labute approximate surface area is 106 Å². The van der Waals surface area contributed by atoms with Gasteiger partial charge in [0.2, 0.25) is 5.95 Å². The minimum Gasteiger partial charge on any atom is -0.380 e.